The maximum absolute atomic E-state index is 12.8. The van der Waals surface area contributed by atoms with E-state index in [0.717, 1.165) is 45.6 Å². The number of nitrogens with zero attached hydrogens (tertiary/aromatic N) is 2. The molecule has 174 valence electrons. The molecule has 5 rings (SSSR count). The van der Waals surface area contributed by atoms with Crippen LogP contribution < -0.4 is 10.0 Å². The number of anilines is 2. The number of rotatable bonds is 8. The zero-order valence-electron chi connectivity index (χ0n) is 18.9. The third-order valence-corrected chi connectivity index (χ3v) is 7.43. The van der Waals surface area contributed by atoms with Gasteiger partial charge in [0.05, 0.1) is 5.69 Å². The van der Waals surface area contributed by atoms with Crippen molar-refractivity contribution in [2.24, 2.45) is 5.92 Å². The normalized spacial score (nSPS) is 14.4. The van der Waals surface area contributed by atoms with Gasteiger partial charge in [0.1, 0.15) is 22.8 Å². The fraction of sp³-hybridized carbons (Fsp3) is 0.200. The molecule has 1 atom stereocenters. The highest BCUT2D eigenvalue weighted by Gasteiger charge is 2.30. The van der Waals surface area contributed by atoms with Crippen molar-refractivity contribution in [2.45, 2.75) is 22.6 Å². The maximum atomic E-state index is 12.8. The number of pyridine rings is 1. The van der Waals surface area contributed by atoms with Gasteiger partial charge in [0.15, 0.2) is 4.90 Å². The number of H-pyrrole nitrogens is 1. The Kier molecular flexibility index (Phi) is 6.51. The van der Waals surface area contributed by atoms with Gasteiger partial charge in [-0.1, -0.05) is 12.1 Å². The molecular formula is C25H25N5O2S2. The number of hydrogen-bond acceptors (Lipinski definition) is 6. The van der Waals surface area contributed by atoms with Gasteiger partial charge in [0, 0.05) is 22.4 Å². The average molecular weight is 492 g/mol. The molecule has 1 fully saturated rings. The summed E-state index contributed by atoms with van der Waals surface area (Å²) in [6, 6.07) is 19.3. The number of fused-ring (bicyclic) bond motifs is 1. The van der Waals surface area contributed by atoms with E-state index in [1.54, 1.807) is 11.9 Å². The van der Waals surface area contributed by atoms with E-state index < -0.39 is 11.4 Å². The van der Waals surface area contributed by atoms with E-state index in [-0.39, 0.29) is 11.8 Å². The van der Waals surface area contributed by atoms with Crippen LogP contribution in [0.5, 0.6) is 0 Å². The molecule has 7 nitrogen and oxygen atoms in total. The van der Waals surface area contributed by atoms with Crippen LogP contribution in [0.3, 0.4) is 0 Å². The van der Waals surface area contributed by atoms with Crippen LogP contribution in [0.15, 0.2) is 76.7 Å². The van der Waals surface area contributed by atoms with Crippen LogP contribution in [0.2, 0.25) is 0 Å². The zero-order valence-corrected chi connectivity index (χ0v) is 20.5. The Hall–Kier alpha value is -2.98. The molecule has 0 aliphatic heterocycles. The average Bonchev–Trinajstić information content (AvgIpc) is 3.57. The topological polar surface area (TPSA) is 96.1 Å². The Balaban J connectivity index is 1.32. The first kappa shape index (κ1) is 22.8. The highest BCUT2D eigenvalue weighted by Crippen LogP contribution is 2.33. The summed E-state index contributed by atoms with van der Waals surface area (Å²) < 4.78 is 17.9. The predicted molar refractivity (Wildman–Crippen MR) is 139 cm³/mol. The highest BCUT2D eigenvalue weighted by atomic mass is 32.2. The van der Waals surface area contributed by atoms with Crippen molar-refractivity contribution in [3.05, 3.63) is 66.9 Å². The number of nitrogens with one attached hydrogen (secondary N) is 3. The lowest BCUT2D eigenvalue weighted by Crippen LogP contribution is -2.14. The second-order valence-electron chi connectivity index (χ2n) is 8.38. The van der Waals surface area contributed by atoms with Crippen molar-refractivity contribution in [3.8, 4) is 11.1 Å². The summed E-state index contributed by atoms with van der Waals surface area (Å²) in [7, 11) is 3.97. The second-order valence-corrected chi connectivity index (χ2v) is 11.0. The first-order valence-corrected chi connectivity index (χ1v) is 12.9. The van der Waals surface area contributed by atoms with E-state index in [9.17, 15) is 9.35 Å². The van der Waals surface area contributed by atoms with Crippen molar-refractivity contribution in [2.75, 3.05) is 24.1 Å². The molecule has 1 amide bonds. The lowest BCUT2D eigenvalue weighted by atomic mass is 10.0. The first-order chi connectivity index (χ1) is 16.5. The Bertz CT molecular complexity index is 1300. The number of carbonyl (C=O) groups is 1. The lowest BCUT2D eigenvalue weighted by Gasteiger charge is -2.13. The predicted octanol–water partition coefficient (Wildman–Crippen LogP) is 5.28. The third kappa shape index (κ3) is 5.23. The van der Waals surface area contributed by atoms with E-state index in [1.807, 2.05) is 85.3 Å². The Labute approximate surface area is 205 Å². The van der Waals surface area contributed by atoms with Crippen LogP contribution in [0.1, 0.15) is 12.8 Å². The summed E-state index contributed by atoms with van der Waals surface area (Å²) in [6.07, 6.45) is 3.73. The molecule has 0 bridgehead atoms. The van der Waals surface area contributed by atoms with Gasteiger partial charge in [-0.15, -0.1) is 0 Å². The molecule has 0 spiro atoms. The number of aromatic nitrogens is 2. The minimum Gasteiger partial charge on any atom is -0.588 e. The fourth-order valence-electron chi connectivity index (χ4n) is 3.63. The van der Waals surface area contributed by atoms with E-state index in [2.05, 4.69) is 20.0 Å². The summed E-state index contributed by atoms with van der Waals surface area (Å²) in [5.74, 6) is 0.680. The smallest absolute Gasteiger partial charge is 0.228 e. The molecule has 3 N–H and O–H groups in total. The van der Waals surface area contributed by atoms with Crippen molar-refractivity contribution in [1.82, 2.24) is 14.3 Å². The molecule has 0 saturated heterocycles. The van der Waals surface area contributed by atoms with Crippen LogP contribution >= 0.6 is 11.9 Å². The first-order valence-electron chi connectivity index (χ1n) is 11.0. The molecule has 1 aliphatic rings. The van der Waals surface area contributed by atoms with Crippen molar-refractivity contribution in [1.29, 1.82) is 0 Å². The quantitative estimate of drug-likeness (QED) is 0.229. The monoisotopic (exact) mass is 491 g/mol. The lowest BCUT2D eigenvalue weighted by molar-refractivity contribution is -0.117. The van der Waals surface area contributed by atoms with E-state index in [0.29, 0.717) is 10.7 Å². The molecule has 1 unspecified atom stereocenters. The van der Waals surface area contributed by atoms with Crippen molar-refractivity contribution >= 4 is 51.8 Å². The van der Waals surface area contributed by atoms with Crippen LogP contribution in [0, 0.1) is 5.92 Å². The van der Waals surface area contributed by atoms with Gasteiger partial charge in [0.25, 0.3) is 0 Å². The van der Waals surface area contributed by atoms with Crippen molar-refractivity contribution < 1.29 is 9.35 Å². The number of carbonyl (C=O) groups excluding carboxylic acids is 1. The summed E-state index contributed by atoms with van der Waals surface area (Å²) in [6.45, 7) is 0. The SMILES string of the molecule is CN(C)Sc1ccc([S+]([O-])Nc2ccc(-c3cc(NC(=O)C4CC4)nc4[nH]ccc34)cc2)cc1. The third-order valence-electron chi connectivity index (χ3n) is 5.46. The van der Waals surface area contributed by atoms with Gasteiger partial charge in [0.2, 0.25) is 5.91 Å². The Morgan fingerprint density at radius 1 is 1.12 bits per heavy atom. The maximum Gasteiger partial charge on any atom is 0.228 e. The molecule has 34 heavy (non-hydrogen) atoms. The van der Waals surface area contributed by atoms with Crippen LogP contribution in [0.4, 0.5) is 11.5 Å². The highest BCUT2D eigenvalue weighted by molar-refractivity contribution is 7.97. The number of hydrogen-bond donors (Lipinski definition) is 3. The van der Waals surface area contributed by atoms with E-state index in [1.165, 1.54) is 0 Å². The second kappa shape index (κ2) is 9.71. The molecule has 1 saturated carbocycles. The number of amides is 1. The molecule has 2 heterocycles. The molecule has 9 heteroatoms. The molecule has 0 radical (unpaired) electrons. The molecule has 1 aliphatic carbocycles. The Morgan fingerprint density at radius 3 is 2.53 bits per heavy atom. The summed E-state index contributed by atoms with van der Waals surface area (Å²) in [4.78, 5) is 21.7. The molecular weight excluding hydrogens is 466 g/mol. The van der Waals surface area contributed by atoms with Gasteiger partial charge < -0.3 is 14.9 Å². The Morgan fingerprint density at radius 2 is 1.85 bits per heavy atom. The van der Waals surface area contributed by atoms with Crippen molar-refractivity contribution in [3.63, 3.8) is 0 Å². The van der Waals surface area contributed by atoms with Gasteiger partial charge >= 0.3 is 0 Å². The van der Waals surface area contributed by atoms with Gasteiger partial charge in [-0.3, -0.25) is 9.10 Å². The van der Waals surface area contributed by atoms with E-state index in [4.69, 9.17) is 0 Å². The fourth-order valence-corrected chi connectivity index (χ4v) is 5.16. The summed E-state index contributed by atoms with van der Waals surface area (Å²) in [5.41, 5.74) is 3.44. The zero-order chi connectivity index (χ0) is 23.7. The minimum atomic E-state index is -1.37. The summed E-state index contributed by atoms with van der Waals surface area (Å²) >= 11 is 0.250. The number of benzene rings is 2. The molecule has 2 aromatic carbocycles. The molecule has 4 aromatic rings. The summed E-state index contributed by atoms with van der Waals surface area (Å²) in [5, 5.41) is 3.92. The minimum absolute atomic E-state index is 0.0275. The van der Waals surface area contributed by atoms with E-state index >= 15 is 0 Å². The van der Waals surface area contributed by atoms with Gasteiger partial charge in [-0.25, -0.2) is 9.71 Å². The van der Waals surface area contributed by atoms with Crippen LogP contribution in [0.25, 0.3) is 22.2 Å². The standard InChI is InChI=1S/C25H25N5O2S2/c1-30(2)33-19-9-11-20(12-10-19)34(32)29-18-7-5-16(6-8-18)22-15-23(28-25(31)17-3-4-17)27-24-21(22)13-14-26-24/h5-15,17,29H,3-4H2,1-2H3,(H2,26,27,28,31). The van der Waals surface area contributed by atoms with Gasteiger partial charge in [-0.05, 0) is 98.5 Å². The van der Waals surface area contributed by atoms with Crippen LogP contribution in [-0.4, -0.2) is 38.8 Å². The van der Waals surface area contributed by atoms with Crippen LogP contribution in [-0.2, 0) is 16.2 Å². The largest absolute Gasteiger partial charge is 0.588 e. The number of aromatic amines is 1. The molecule has 2 aromatic heterocycles. The van der Waals surface area contributed by atoms with Gasteiger partial charge in [-0.2, -0.15) is 0 Å².